The first-order chi connectivity index (χ1) is 15.7. The van der Waals surface area contributed by atoms with Crippen molar-refractivity contribution in [1.82, 2.24) is 0 Å². The van der Waals surface area contributed by atoms with E-state index in [-0.39, 0.29) is 6.10 Å². The van der Waals surface area contributed by atoms with Crippen molar-refractivity contribution >= 4 is 0 Å². The molecular formula is C26H44O7. The molecule has 5 aliphatic rings. The molecule has 1 aliphatic heterocycles. The summed E-state index contributed by atoms with van der Waals surface area (Å²) in [6.07, 6.45) is 4.92. The van der Waals surface area contributed by atoms with Gasteiger partial charge in [-0.1, -0.05) is 13.8 Å². The van der Waals surface area contributed by atoms with Crippen LogP contribution in [0.5, 0.6) is 0 Å². The van der Waals surface area contributed by atoms with Gasteiger partial charge in [-0.05, 0) is 92.3 Å². The van der Waals surface area contributed by atoms with Crippen molar-refractivity contribution in [1.29, 1.82) is 0 Å². The summed E-state index contributed by atoms with van der Waals surface area (Å²) in [7, 11) is 1.89. The maximum atomic E-state index is 10.4. The van der Waals surface area contributed by atoms with Crippen molar-refractivity contribution in [2.45, 2.75) is 115 Å². The molecule has 5 rings (SSSR count). The maximum absolute atomic E-state index is 10.4. The van der Waals surface area contributed by atoms with E-state index in [0.717, 1.165) is 37.0 Å². The van der Waals surface area contributed by atoms with Crippen LogP contribution < -0.4 is 0 Å². The molecule has 0 bridgehead atoms. The third-order valence-electron chi connectivity index (χ3n) is 11.0. The molecule has 190 valence electrons. The van der Waals surface area contributed by atoms with Crippen LogP contribution in [0.2, 0.25) is 0 Å². The Balaban J connectivity index is 1.25. The summed E-state index contributed by atoms with van der Waals surface area (Å²) in [5.41, 5.74) is 0.660. The van der Waals surface area contributed by atoms with Crippen molar-refractivity contribution in [3.63, 3.8) is 0 Å². The second-order valence-electron chi connectivity index (χ2n) is 12.2. The molecule has 7 nitrogen and oxygen atoms in total. The van der Waals surface area contributed by atoms with Gasteiger partial charge in [-0.25, -0.2) is 0 Å². The van der Waals surface area contributed by atoms with Crippen LogP contribution in [-0.2, 0) is 14.2 Å². The Morgan fingerprint density at radius 1 is 0.848 bits per heavy atom. The molecule has 7 heteroatoms. The molecule has 4 aliphatic carbocycles. The number of hydrogen-bond acceptors (Lipinski definition) is 7. The molecule has 13 atom stereocenters. The lowest BCUT2D eigenvalue weighted by Crippen LogP contribution is -2.60. The molecule has 0 amide bonds. The topological polar surface area (TPSA) is 109 Å². The number of rotatable bonds is 4. The molecule has 33 heavy (non-hydrogen) atoms. The molecule has 0 aromatic heterocycles. The summed E-state index contributed by atoms with van der Waals surface area (Å²) < 4.78 is 17.7. The third-order valence-corrected chi connectivity index (χ3v) is 11.0. The fraction of sp³-hybridized carbons (Fsp3) is 1.00. The van der Waals surface area contributed by atoms with Crippen LogP contribution in [0.4, 0.5) is 0 Å². The zero-order valence-electron chi connectivity index (χ0n) is 20.4. The SMILES string of the molecule is CO[C@H]1CC[C@H]2[C@@H]3CC[C@@H]4C[C@H](O[C@@H]5O[C@H](CO)[C@@H](O)[C@H](O)[C@H]5O)CC[C@]4(C)[C@H]3CC[C@]12C. The van der Waals surface area contributed by atoms with Crippen LogP contribution in [0.25, 0.3) is 0 Å². The van der Waals surface area contributed by atoms with Gasteiger partial charge in [-0.15, -0.1) is 0 Å². The predicted molar refractivity (Wildman–Crippen MR) is 121 cm³/mol. The molecule has 4 saturated carbocycles. The fourth-order valence-corrected chi connectivity index (χ4v) is 9.05. The van der Waals surface area contributed by atoms with Gasteiger partial charge in [-0.3, -0.25) is 0 Å². The van der Waals surface area contributed by atoms with Gasteiger partial charge in [0.1, 0.15) is 24.4 Å². The summed E-state index contributed by atoms with van der Waals surface area (Å²) in [6.45, 7) is 4.57. The number of hydrogen-bond donors (Lipinski definition) is 4. The molecule has 0 radical (unpaired) electrons. The van der Waals surface area contributed by atoms with E-state index in [1.165, 1.54) is 38.5 Å². The maximum Gasteiger partial charge on any atom is 0.186 e. The molecule has 1 saturated heterocycles. The molecule has 0 aromatic rings. The minimum absolute atomic E-state index is 0.0423. The van der Waals surface area contributed by atoms with Crippen LogP contribution >= 0.6 is 0 Å². The van der Waals surface area contributed by atoms with Crippen LogP contribution in [0, 0.1) is 34.5 Å². The van der Waals surface area contributed by atoms with Crippen LogP contribution in [0.3, 0.4) is 0 Å². The smallest absolute Gasteiger partial charge is 0.186 e. The lowest BCUT2D eigenvalue weighted by Gasteiger charge is -2.61. The molecule has 5 fully saturated rings. The van der Waals surface area contributed by atoms with Gasteiger partial charge in [0, 0.05) is 7.11 Å². The van der Waals surface area contributed by atoms with Gasteiger partial charge >= 0.3 is 0 Å². The van der Waals surface area contributed by atoms with Crippen molar-refractivity contribution in [2.75, 3.05) is 13.7 Å². The minimum Gasteiger partial charge on any atom is -0.394 e. The monoisotopic (exact) mass is 468 g/mol. The van der Waals surface area contributed by atoms with Crippen LogP contribution in [0.15, 0.2) is 0 Å². The molecule has 1 heterocycles. The number of aliphatic hydroxyl groups is 4. The molecule has 0 unspecified atom stereocenters. The minimum atomic E-state index is -1.39. The van der Waals surface area contributed by atoms with E-state index in [0.29, 0.717) is 22.9 Å². The van der Waals surface area contributed by atoms with Crippen molar-refractivity contribution in [3.8, 4) is 0 Å². The van der Waals surface area contributed by atoms with E-state index in [9.17, 15) is 20.4 Å². The Labute approximate surface area is 197 Å². The first-order valence-corrected chi connectivity index (χ1v) is 13.2. The Hall–Kier alpha value is -0.280. The zero-order valence-corrected chi connectivity index (χ0v) is 20.4. The number of ether oxygens (including phenoxy) is 3. The largest absolute Gasteiger partial charge is 0.394 e. The van der Waals surface area contributed by atoms with Gasteiger partial charge in [0.2, 0.25) is 0 Å². The Bertz CT molecular complexity index is 702. The number of methoxy groups -OCH3 is 1. The van der Waals surface area contributed by atoms with Gasteiger partial charge in [-0.2, -0.15) is 0 Å². The van der Waals surface area contributed by atoms with Crippen molar-refractivity contribution < 1.29 is 34.6 Å². The van der Waals surface area contributed by atoms with Gasteiger partial charge in [0.15, 0.2) is 6.29 Å². The molecular weight excluding hydrogens is 424 g/mol. The van der Waals surface area contributed by atoms with Gasteiger partial charge in [0.05, 0.1) is 18.8 Å². The van der Waals surface area contributed by atoms with Gasteiger partial charge < -0.3 is 34.6 Å². The van der Waals surface area contributed by atoms with Crippen molar-refractivity contribution in [2.24, 2.45) is 34.5 Å². The van der Waals surface area contributed by atoms with E-state index in [1.807, 2.05) is 7.11 Å². The highest BCUT2D eigenvalue weighted by Gasteiger charge is 2.60. The summed E-state index contributed by atoms with van der Waals surface area (Å²) in [5, 5.41) is 40.0. The molecule has 0 spiro atoms. The summed E-state index contributed by atoms with van der Waals surface area (Å²) >= 11 is 0. The highest BCUT2D eigenvalue weighted by atomic mass is 16.7. The molecule has 0 aromatic carbocycles. The average Bonchev–Trinajstić information content (AvgIpc) is 3.16. The normalized spacial score (nSPS) is 56.6. The quantitative estimate of drug-likeness (QED) is 0.469. The summed E-state index contributed by atoms with van der Waals surface area (Å²) in [6, 6.07) is 0. The van der Waals surface area contributed by atoms with E-state index in [4.69, 9.17) is 14.2 Å². The standard InChI is InChI=1S/C26H44O7/c1-25-10-8-15(32-24-23(30)22(29)21(28)19(13-27)33-24)12-14(25)4-5-16-17-6-7-20(31-3)26(17,2)11-9-18(16)25/h14-24,27-30H,4-13H2,1-3H3/t14-,15-,16+,17+,18+,19-,20+,21-,22+,23-,24-,25+,26+/m1/s1. The zero-order chi connectivity index (χ0) is 23.5. The summed E-state index contributed by atoms with van der Waals surface area (Å²) in [5.74, 6) is 2.93. The van der Waals surface area contributed by atoms with Crippen LogP contribution in [0.1, 0.15) is 71.6 Å². The number of fused-ring (bicyclic) bond motifs is 5. The summed E-state index contributed by atoms with van der Waals surface area (Å²) in [4.78, 5) is 0. The van der Waals surface area contributed by atoms with Crippen LogP contribution in [-0.4, -0.2) is 77.1 Å². The predicted octanol–water partition coefficient (Wildman–Crippen LogP) is 2.23. The van der Waals surface area contributed by atoms with E-state index < -0.39 is 37.3 Å². The Kier molecular flexibility index (Phi) is 6.65. The van der Waals surface area contributed by atoms with E-state index >= 15 is 0 Å². The highest BCUT2D eigenvalue weighted by molar-refractivity contribution is 5.10. The van der Waals surface area contributed by atoms with Crippen molar-refractivity contribution in [3.05, 3.63) is 0 Å². The lowest BCUT2D eigenvalue weighted by atomic mass is 9.45. The first kappa shape index (κ1) is 24.4. The molecule has 4 N–H and O–H groups in total. The Morgan fingerprint density at radius 2 is 1.58 bits per heavy atom. The second-order valence-corrected chi connectivity index (χ2v) is 12.2. The number of aliphatic hydroxyl groups excluding tert-OH is 4. The third kappa shape index (κ3) is 3.81. The Morgan fingerprint density at radius 3 is 2.30 bits per heavy atom. The fourth-order valence-electron chi connectivity index (χ4n) is 9.05. The highest BCUT2D eigenvalue weighted by Crippen LogP contribution is 2.66. The van der Waals surface area contributed by atoms with E-state index in [2.05, 4.69) is 13.8 Å². The lowest BCUT2D eigenvalue weighted by molar-refractivity contribution is -0.316. The van der Waals surface area contributed by atoms with E-state index in [1.54, 1.807) is 0 Å². The first-order valence-electron chi connectivity index (χ1n) is 13.2. The second kappa shape index (κ2) is 8.99. The average molecular weight is 469 g/mol. The van der Waals surface area contributed by atoms with Gasteiger partial charge in [0.25, 0.3) is 0 Å².